The minimum atomic E-state index is -4.07. The van der Waals surface area contributed by atoms with Crippen molar-refractivity contribution in [3.8, 4) is 0 Å². The van der Waals surface area contributed by atoms with Crippen molar-refractivity contribution in [2.75, 3.05) is 15.7 Å². The molecule has 0 saturated carbocycles. The molecule has 1 aromatic heterocycles. The molecule has 1 fully saturated rings. The Labute approximate surface area is 184 Å². The van der Waals surface area contributed by atoms with E-state index >= 15 is 0 Å². The van der Waals surface area contributed by atoms with Crippen molar-refractivity contribution < 1.29 is 17.6 Å². The Bertz CT molecular complexity index is 1230. The highest BCUT2D eigenvalue weighted by atomic mass is 35.5. The van der Waals surface area contributed by atoms with Crippen LogP contribution < -0.4 is 9.21 Å². The van der Waals surface area contributed by atoms with Crippen molar-refractivity contribution in [1.29, 1.82) is 0 Å². The van der Waals surface area contributed by atoms with Gasteiger partial charge in [-0.3, -0.25) is 9.10 Å². The van der Waals surface area contributed by atoms with Crippen LogP contribution in [0.4, 0.5) is 15.8 Å². The Morgan fingerprint density at radius 3 is 2.55 bits per heavy atom. The first-order valence-corrected chi connectivity index (χ1v) is 11.4. The van der Waals surface area contributed by atoms with Gasteiger partial charge in [0.1, 0.15) is 5.82 Å². The first kappa shape index (κ1) is 21.3. The summed E-state index contributed by atoms with van der Waals surface area (Å²) >= 11 is 5.95. The van der Waals surface area contributed by atoms with Crippen molar-refractivity contribution in [3.05, 3.63) is 71.4 Å². The number of carbonyl (C=O) groups excluding carboxylic acids is 1. The van der Waals surface area contributed by atoms with Crippen LogP contribution in [0.15, 0.2) is 60.0 Å². The Morgan fingerprint density at radius 1 is 1.19 bits per heavy atom. The predicted molar refractivity (Wildman–Crippen MR) is 116 cm³/mol. The van der Waals surface area contributed by atoms with Gasteiger partial charge in [-0.1, -0.05) is 23.7 Å². The average Bonchev–Trinajstić information content (AvgIpc) is 3.37. The van der Waals surface area contributed by atoms with E-state index in [9.17, 15) is 17.6 Å². The molecule has 3 aromatic rings. The Balaban J connectivity index is 1.80. The van der Waals surface area contributed by atoms with Gasteiger partial charge in [0.05, 0.1) is 24.2 Å². The largest absolute Gasteiger partial charge is 0.339 e. The SMILES string of the molecule is Cn1cnc(S(=O)(=O)N(Cc2ccc(Cl)cc2)c2ccc(F)c(N3CCCC3=O)c2)c1. The zero-order chi connectivity index (χ0) is 22.2. The number of amides is 1. The number of imidazole rings is 1. The lowest BCUT2D eigenvalue weighted by Gasteiger charge is -2.26. The van der Waals surface area contributed by atoms with Gasteiger partial charge < -0.3 is 9.47 Å². The minimum Gasteiger partial charge on any atom is -0.339 e. The number of hydrogen-bond acceptors (Lipinski definition) is 4. The molecule has 0 unspecified atom stereocenters. The molecule has 162 valence electrons. The maximum Gasteiger partial charge on any atom is 0.283 e. The van der Waals surface area contributed by atoms with E-state index in [1.54, 1.807) is 31.3 Å². The Kier molecular flexibility index (Phi) is 5.72. The van der Waals surface area contributed by atoms with Crippen LogP contribution in [0.1, 0.15) is 18.4 Å². The summed E-state index contributed by atoms with van der Waals surface area (Å²) in [5, 5.41) is 0.395. The second-order valence-electron chi connectivity index (χ2n) is 7.30. The maximum absolute atomic E-state index is 14.6. The summed E-state index contributed by atoms with van der Waals surface area (Å²) in [6.07, 6.45) is 3.76. The Morgan fingerprint density at radius 2 is 1.94 bits per heavy atom. The Hall–Kier alpha value is -2.91. The molecular formula is C21H20ClFN4O3S. The fourth-order valence-electron chi connectivity index (χ4n) is 3.47. The van der Waals surface area contributed by atoms with Gasteiger partial charge in [0, 0.05) is 31.2 Å². The lowest BCUT2D eigenvalue weighted by atomic mass is 10.2. The number of hydrogen-bond donors (Lipinski definition) is 0. The third-order valence-electron chi connectivity index (χ3n) is 5.06. The topological polar surface area (TPSA) is 75.5 Å². The van der Waals surface area contributed by atoms with Gasteiger partial charge in [0.15, 0.2) is 5.03 Å². The van der Waals surface area contributed by atoms with E-state index in [2.05, 4.69) is 4.98 Å². The van der Waals surface area contributed by atoms with E-state index in [-0.39, 0.29) is 28.9 Å². The molecule has 2 aromatic carbocycles. The minimum absolute atomic E-state index is 0.0188. The van der Waals surface area contributed by atoms with Crippen LogP contribution in [-0.2, 0) is 28.4 Å². The molecule has 0 aliphatic carbocycles. The number of benzene rings is 2. The molecule has 0 bridgehead atoms. The molecule has 31 heavy (non-hydrogen) atoms. The molecule has 1 amide bonds. The molecule has 7 nitrogen and oxygen atoms in total. The van der Waals surface area contributed by atoms with Crippen LogP contribution >= 0.6 is 11.6 Å². The molecule has 0 radical (unpaired) electrons. The zero-order valence-electron chi connectivity index (χ0n) is 16.7. The standard InChI is InChI=1S/C21H20ClFN4O3S/c1-25-13-20(24-14-25)31(29,30)27(12-15-4-6-16(22)7-5-15)17-8-9-18(23)19(11-17)26-10-2-3-21(26)28/h4-9,11,13-14H,2-3,10,12H2,1H3. The smallest absolute Gasteiger partial charge is 0.283 e. The first-order valence-electron chi connectivity index (χ1n) is 9.61. The van der Waals surface area contributed by atoms with Crippen molar-refractivity contribution in [2.45, 2.75) is 24.4 Å². The van der Waals surface area contributed by atoms with Crippen LogP contribution in [0.5, 0.6) is 0 Å². The van der Waals surface area contributed by atoms with Crippen molar-refractivity contribution >= 4 is 38.9 Å². The van der Waals surface area contributed by atoms with Crippen LogP contribution in [0.3, 0.4) is 0 Å². The van der Waals surface area contributed by atoms with Crippen LogP contribution in [-0.4, -0.2) is 30.4 Å². The van der Waals surface area contributed by atoms with Crippen molar-refractivity contribution in [3.63, 3.8) is 0 Å². The normalized spacial score (nSPS) is 14.3. The van der Waals surface area contributed by atoms with E-state index in [4.69, 9.17) is 11.6 Å². The summed E-state index contributed by atoms with van der Waals surface area (Å²) in [6.45, 7) is 0.373. The maximum atomic E-state index is 14.6. The number of aromatic nitrogens is 2. The predicted octanol–water partition coefficient (Wildman–Crippen LogP) is 3.73. The quantitative estimate of drug-likeness (QED) is 0.559. The van der Waals surface area contributed by atoms with Crippen molar-refractivity contribution in [1.82, 2.24) is 9.55 Å². The molecule has 0 atom stereocenters. The van der Waals surface area contributed by atoms with E-state index in [0.717, 1.165) is 4.31 Å². The number of halogens is 2. The van der Waals surface area contributed by atoms with E-state index < -0.39 is 15.8 Å². The first-order chi connectivity index (χ1) is 14.8. The highest BCUT2D eigenvalue weighted by Crippen LogP contribution is 2.32. The summed E-state index contributed by atoms with van der Waals surface area (Å²) in [6, 6.07) is 10.7. The van der Waals surface area contributed by atoms with Crippen LogP contribution in [0.2, 0.25) is 5.02 Å². The lowest BCUT2D eigenvalue weighted by molar-refractivity contribution is -0.117. The fourth-order valence-corrected chi connectivity index (χ4v) is 5.01. The third kappa shape index (κ3) is 4.28. The number of sulfonamides is 1. The highest BCUT2D eigenvalue weighted by molar-refractivity contribution is 7.92. The number of nitrogens with zero attached hydrogens (tertiary/aromatic N) is 4. The molecule has 0 spiro atoms. The molecule has 1 aliphatic rings. The summed E-state index contributed by atoms with van der Waals surface area (Å²) in [5.41, 5.74) is 0.987. The number of anilines is 2. The van der Waals surface area contributed by atoms with Crippen LogP contribution in [0, 0.1) is 5.82 Å². The highest BCUT2D eigenvalue weighted by Gasteiger charge is 2.30. The second-order valence-corrected chi connectivity index (χ2v) is 9.55. The molecule has 4 rings (SSSR count). The zero-order valence-corrected chi connectivity index (χ0v) is 18.3. The summed E-state index contributed by atoms with van der Waals surface area (Å²) in [4.78, 5) is 17.5. The second kappa shape index (κ2) is 8.32. The van der Waals surface area contributed by atoms with E-state index in [1.165, 1.54) is 40.2 Å². The molecule has 1 aliphatic heterocycles. The molecule has 1 saturated heterocycles. The van der Waals surface area contributed by atoms with Gasteiger partial charge in [-0.2, -0.15) is 8.42 Å². The lowest BCUT2D eigenvalue weighted by Crippen LogP contribution is -2.31. The van der Waals surface area contributed by atoms with Gasteiger partial charge in [-0.05, 0) is 42.3 Å². The monoisotopic (exact) mass is 462 g/mol. The summed E-state index contributed by atoms with van der Waals surface area (Å²) < 4.78 is 44.1. The van der Waals surface area contributed by atoms with E-state index in [1.807, 2.05) is 0 Å². The van der Waals surface area contributed by atoms with Gasteiger partial charge in [0.2, 0.25) is 5.91 Å². The average molecular weight is 463 g/mol. The van der Waals surface area contributed by atoms with Gasteiger partial charge in [-0.15, -0.1) is 0 Å². The van der Waals surface area contributed by atoms with Gasteiger partial charge in [0.25, 0.3) is 10.0 Å². The van der Waals surface area contributed by atoms with Crippen LogP contribution in [0.25, 0.3) is 0 Å². The number of carbonyl (C=O) groups is 1. The summed E-state index contributed by atoms with van der Waals surface area (Å²) in [7, 11) is -2.39. The number of aryl methyl sites for hydroxylation is 1. The summed E-state index contributed by atoms with van der Waals surface area (Å²) in [5.74, 6) is -0.770. The molecule has 0 N–H and O–H groups in total. The van der Waals surface area contributed by atoms with Gasteiger partial charge in [-0.25, -0.2) is 9.37 Å². The van der Waals surface area contributed by atoms with Crippen molar-refractivity contribution in [2.24, 2.45) is 7.05 Å². The molecule has 2 heterocycles. The fraction of sp³-hybridized carbons (Fsp3) is 0.238. The van der Waals surface area contributed by atoms with E-state index in [0.29, 0.717) is 30.0 Å². The van der Waals surface area contributed by atoms with Gasteiger partial charge >= 0.3 is 0 Å². The molecule has 10 heteroatoms. The third-order valence-corrected chi connectivity index (χ3v) is 6.97. The molecular weight excluding hydrogens is 443 g/mol. The number of rotatable bonds is 6.